The van der Waals surface area contributed by atoms with Crippen molar-refractivity contribution in [2.75, 3.05) is 0 Å². The Bertz CT molecular complexity index is 323. The molecule has 0 bridgehead atoms. The second-order valence-corrected chi connectivity index (χ2v) is 4.60. The number of halogens is 4. The van der Waals surface area contributed by atoms with E-state index in [1.165, 1.54) is 12.2 Å². The molecule has 0 spiro atoms. The highest BCUT2D eigenvalue weighted by Crippen LogP contribution is 2.27. The number of alkyl halides is 3. The Morgan fingerprint density at radius 1 is 1.07 bits per heavy atom. The standard InChI is InChI=1S/C9H8ClF3Si/c10-14-8-5-1-3-7(4-2-6-8)9(11,12)13/h1-6H,14H2. The molecule has 0 aliphatic heterocycles. The summed E-state index contributed by atoms with van der Waals surface area (Å²) >= 11 is 5.68. The van der Waals surface area contributed by atoms with Crippen molar-refractivity contribution in [1.29, 1.82) is 0 Å². The van der Waals surface area contributed by atoms with Gasteiger partial charge in [-0.05, 0) is 5.20 Å². The predicted molar refractivity (Wildman–Crippen MR) is 54.9 cm³/mol. The molecule has 0 aromatic carbocycles. The topological polar surface area (TPSA) is 0 Å². The molecule has 0 nitrogen and oxygen atoms in total. The van der Waals surface area contributed by atoms with E-state index in [9.17, 15) is 13.2 Å². The van der Waals surface area contributed by atoms with E-state index in [-0.39, 0.29) is 0 Å². The largest absolute Gasteiger partial charge is 0.416 e. The van der Waals surface area contributed by atoms with Gasteiger partial charge >= 0.3 is 6.18 Å². The van der Waals surface area contributed by atoms with E-state index in [4.69, 9.17) is 11.1 Å². The van der Waals surface area contributed by atoms with Crippen LogP contribution in [0.5, 0.6) is 0 Å². The van der Waals surface area contributed by atoms with Gasteiger partial charge in [-0.2, -0.15) is 24.3 Å². The Labute approximate surface area is 87.0 Å². The second-order valence-electron chi connectivity index (χ2n) is 2.71. The molecule has 0 fully saturated rings. The molecule has 1 aliphatic carbocycles. The van der Waals surface area contributed by atoms with Crippen LogP contribution in [0.15, 0.2) is 47.2 Å². The molecule has 0 saturated carbocycles. The van der Waals surface area contributed by atoms with Crippen molar-refractivity contribution in [3.63, 3.8) is 0 Å². The summed E-state index contributed by atoms with van der Waals surface area (Å²) < 4.78 is 36.7. The van der Waals surface area contributed by atoms with Gasteiger partial charge in [0.2, 0.25) is 0 Å². The fraction of sp³-hybridized carbons (Fsp3) is 0.111. The monoisotopic (exact) mass is 236 g/mol. The summed E-state index contributed by atoms with van der Waals surface area (Å²) in [7, 11) is -0.836. The molecule has 0 saturated heterocycles. The maximum absolute atomic E-state index is 12.2. The molecule has 0 heterocycles. The molecule has 1 rings (SSSR count). The first-order valence-electron chi connectivity index (χ1n) is 3.93. The van der Waals surface area contributed by atoms with Gasteiger partial charge in [0, 0.05) is 0 Å². The van der Waals surface area contributed by atoms with Crippen LogP contribution < -0.4 is 0 Å². The van der Waals surface area contributed by atoms with Gasteiger partial charge < -0.3 is 0 Å². The fourth-order valence-corrected chi connectivity index (χ4v) is 1.92. The zero-order valence-corrected chi connectivity index (χ0v) is 9.35. The van der Waals surface area contributed by atoms with Crippen molar-refractivity contribution in [3.8, 4) is 0 Å². The van der Waals surface area contributed by atoms with Crippen LogP contribution >= 0.6 is 11.1 Å². The van der Waals surface area contributed by atoms with Gasteiger partial charge in [0.1, 0.15) is 0 Å². The zero-order valence-electron chi connectivity index (χ0n) is 7.18. The fourth-order valence-electron chi connectivity index (χ4n) is 0.940. The SMILES string of the molecule is FC(F)(F)C1=CC=CC([SiH2]Cl)=CC=C1. The van der Waals surface area contributed by atoms with Gasteiger partial charge in [-0.15, -0.1) is 0 Å². The Balaban J connectivity index is 2.89. The Morgan fingerprint density at radius 2 is 1.71 bits per heavy atom. The molecule has 14 heavy (non-hydrogen) atoms. The molecular weight excluding hydrogens is 229 g/mol. The Hall–Kier alpha value is -0.743. The molecule has 0 aromatic heterocycles. The van der Waals surface area contributed by atoms with Gasteiger partial charge in [-0.1, -0.05) is 36.5 Å². The van der Waals surface area contributed by atoms with Crippen molar-refractivity contribution in [2.24, 2.45) is 0 Å². The van der Waals surface area contributed by atoms with Crippen LogP contribution in [0.2, 0.25) is 0 Å². The minimum atomic E-state index is -4.29. The Kier molecular flexibility index (Phi) is 3.77. The maximum Gasteiger partial charge on any atom is 0.416 e. The highest BCUT2D eigenvalue weighted by atomic mass is 35.6. The highest BCUT2D eigenvalue weighted by molar-refractivity contribution is 6.98. The summed E-state index contributed by atoms with van der Waals surface area (Å²) in [4.78, 5) is 0. The number of allylic oxidation sites excluding steroid dienone is 8. The van der Waals surface area contributed by atoms with Crippen LogP contribution in [0.3, 0.4) is 0 Å². The summed E-state index contributed by atoms with van der Waals surface area (Å²) in [6, 6.07) is 0. The van der Waals surface area contributed by atoms with Crippen molar-refractivity contribution in [1.82, 2.24) is 0 Å². The first-order chi connectivity index (χ1) is 6.54. The summed E-state index contributed by atoms with van der Waals surface area (Å²) in [5.41, 5.74) is -0.653. The van der Waals surface area contributed by atoms with Gasteiger partial charge in [0.25, 0.3) is 0 Å². The van der Waals surface area contributed by atoms with E-state index in [0.717, 1.165) is 17.3 Å². The molecule has 0 atom stereocenters. The maximum atomic E-state index is 12.2. The molecule has 1 aliphatic rings. The molecule has 0 N–H and O–H groups in total. The lowest BCUT2D eigenvalue weighted by molar-refractivity contribution is -0.0881. The Morgan fingerprint density at radius 3 is 2.29 bits per heavy atom. The quantitative estimate of drug-likeness (QED) is 0.485. The van der Waals surface area contributed by atoms with Crippen LogP contribution in [-0.2, 0) is 0 Å². The van der Waals surface area contributed by atoms with E-state index in [1.807, 2.05) is 0 Å². The predicted octanol–water partition coefficient (Wildman–Crippen LogP) is 2.81. The number of hydrogen-bond donors (Lipinski definition) is 0. The van der Waals surface area contributed by atoms with Crippen LogP contribution in [0.1, 0.15) is 0 Å². The van der Waals surface area contributed by atoms with E-state index < -0.39 is 20.6 Å². The van der Waals surface area contributed by atoms with Crippen LogP contribution in [0.25, 0.3) is 0 Å². The molecule has 0 unspecified atom stereocenters. The molecule has 0 amide bonds. The third-order valence-corrected chi connectivity index (χ3v) is 3.36. The average molecular weight is 237 g/mol. The van der Waals surface area contributed by atoms with Crippen LogP contribution in [0, 0.1) is 0 Å². The van der Waals surface area contributed by atoms with Gasteiger partial charge in [-0.25, -0.2) is 0 Å². The van der Waals surface area contributed by atoms with Crippen LogP contribution in [0.4, 0.5) is 13.2 Å². The lowest BCUT2D eigenvalue weighted by Gasteiger charge is -2.07. The van der Waals surface area contributed by atoms with Crippen molar-refractivity contribution >= 4 is 19.9 Å². The third-order valence-electron chi connectivity index (χ3n) is 1.65. The number of hydrogen-bond acceptors (Lipinski definition) is 0. The molecule has 0 radical (unpaired) electrons. The van der Waals surface area contributed by atoms with E-state index in [1.54, 1.807) is 12.2 Å². The summed E-state index contributed by atoms with van der Waals surface area (Å²) in [5.74, 6) is 0. The van der Waals surface area contributed by atoms with Crippen molar-refractivity contribution in [3.05, 3.63) is 47.2 Å². The van der Waals surface area contributed by atoms with Crippen molar-refractivity contribution in [2.45, 2.75) is 6.18 Å². The first kappa shape index (κ1) is 11.3. The van der Waals surface area contributed by atoms with Gasteiger partial charge in [-0.3, -0.25) is 0 Å². The molecule has 5 heteroatoms. The van der Waals surface area contributed by atoms with E-state index in [2.05, 4.69) is 0 Å². The molecule has 76 valence electrons. The summed E-state index contributed by atoms with van der Waals surface area (Å²) in [6.45, 7) is 0. The summed E-state index contributed by atoms with van der Waals surface area (Å²) in [6.07, 6.45) is 3.81. The third kappa shape index (κ3) is 3.19. The lowest BCUT2D eigenvalue weighted by atomic mass is 10.2. The lowest BCUT2D eigenvalue weighted by Crippen LogP contribution is -2.09. The van der Waals surface area contributed by atoms with E-state index in [0.29, 0.717) is 0 Å². The average Bonchev–Trinajstić information content (AvgIpc) is 2.01. The second kappa shape index (κ2) is 4.66. The van der Waals surface area contributed by atoms with Crippen molar-refractivity contribution < 1.29 is 13.2 Å². The normalized spacial score (nSPS) is 18.0. The summed E-state index contributed by atoms with van der Waals surface area (Å²) in [5, 5.41) is 0.917. The van der Waals surface area contributed by atoms with Gasteiger partial charge in [0.15, 0.2) is 8.83 Å². The zero-order chi connectivity index (χ0) is 10.6. The van der Waals surface area contributed by atoms with E-state index >= 15 is 0 Å². The highest BCUT2D eigenvalue weighted by Gasteiger charge is 2.31. The number of rotatable bonds is 1. The first-order valence-corrected chi connectivity index (χ1v) is 6.77. The minimum absolute atomic E-state index is 0.653. The smallest absolute Gasteiger partial charge is 0.170 e. The van der Waals surface area contributed by atoms with Gasteiger partial charge in [0.05, 0.1) is 5.57 Å². The van der Waals surface area contributed by atoms with Crippen LogP contribution in [-0.4, -0.2) is 15.0 Å². The molecule has 0 aromatic rings. The molecular formula is C9H8ClF3Si. The minimum Gasteiger partial charge on any atom is -0.170 e.